The van der Waals surface area contributed by atoms with E-state index < -0.39 is 11.6 Å². The van der Waals surface area contributed by atoms with E-state index in [0.29, 0.717) is 0 Å². The molecule has 0 fully saturated rings. The van der Waals surface area contributed by atoms with Crippen molar-refractivity contribution in [3.63, 3.8) is 0 Å². The summed E-state index contributed by atoms with van der Waals surface area (Å²) in [5.74, 6) is -1.25. The van der Waals surface area contributed by atoms with Gasteiger partial charge in [0.15, 0.2) is 17.3 Å². The van der Waals surface area contributed by atoms with Crippen molar-refractivity contribution in [3.8, 4) is 0 Å². The van der Waals surface area contributed by atoms with Gasteiger partial charge in [0.1, 0.15) is 0 Å². The smallest absolute Gasteiger partial charge is 0.190 e. The number of hydrogen-bond acceptors (Lipinski definition) is 4. The van der Waals surface area contributed by atoms with E-state index in [0.717, 1.165) is 0 Å². The van der Waals surface area contributed by atoms with E-state index in [1.165, 1.54) is 6.92 Å². The molecule has 0 amide bonds. The van der Waals surface area contributed by atoms with Crippen LogP contribution in [0.5, 0.6) is 0 Å². The molecule has 0 saturated heterocycles. The summed E-state index contributed by atoms with van der Waals surface area (Å²) in [6.07, 6.45) is 0. The summed E-state index contributed by atoms with van der Waals surface area (Å²) >= 11 is 0. The number of ketones is 2. The van der Waals surface area contributed by atoms with Gasteiger partial charge in [-0.15, -0.1) is 0 Å². The molecule has 0 spiro atoms. The second kappa shape index (κ2) is 3.85. The van der Waals surface area contributed by atoms with Gasteiger partial charge in [0.2, 0.25) is 0 Å². The van der Waals surface area contributed by atoms with Gasteiger partial charge in [-0.2, -0.15) is 0 Å². The third kappa shape index (κ3) is 2.49. The minimum atomic E-state index is -0.508. The summed E-state index contributed by atoms with van der Waals surface area (Å²) in [6.45, 7) is 4.46. The van der Waals surface area contributed by atoms with E-state index in [9.17, 15) is 9.59 Å². The third-order valence-corrected chi connectivity index (χ3v) is 1.19. The monoisotopic (exact) mass is 157 g/mol. The number of nitrogens with zero attached hydrogens (tertiary/aromatic N) is 1. The molecule has 62 valence electrons. The van der Waals surface area contributed by atoms with Gasteiger partial charge in [-0.25, -0.2) is 0 Å². The molecule has 4 nitrogen and oxygen atoms in total. The standard InChI is InChI=1S/C7H11NO3/c1-4(2)7(10)6(8-11)5(3)9/h4,11H,1-3H3/b8-6+. The van der Waals surface area contributed by atoms with Crippen LogP contribution < -0.4 is 0 Å². The van der Waals surface area contributed by atoms with Crippen LogP contribution in [0.1, 0.15) is 20.8 Å². The quantitative estimate of drug-likeness (QED) is 0.283. The van der Waals surface area contributed by atoms with Crippen molar-refractivity contribution in [2.24, 2.45) is 11.1 Å². The molecule has 0 aliphatic rings. The highest BCUT2D eigenvalue weighted by Gasteiger charge is 2.19. The summed E-state index contributed by atoms with van der Waals surface area (Å²) in [4.78, 5) is 21.6. The van der Waals surface area contributed by atoms with Gasteiger partial charge >= 0.3 is 0 Å². The van der Waals surface area contributed by atoms with Crippen LogP contribution in [0.4, 0.5) is 0 Å². The Balaban J connectivity index is 4.55. The highest BCUT2D eigenvalue weighted by atomic mass is 16.4. The Bertz CT molecular complexity index is 206. The molecule has 0 rings (SSSR count). The predicted molar refractivity (Wildman–Crippen MR) is 39.7 cm³/mol. The van der Waals surface area contributed by atoms with Gasteiger partial charge in [-0.3, -0.25) is 9.59 Å². The Morgan fingerprint density at radius 3 is 1.91 bits per heavy atom. The van der Waals surface area contributed by atoms with Crippen LogP contribution in [-0.4, -0.2) is 22.5 Å². The zero-order valence-electron chi connectivity index (χ0n) is 6.79. The highest BCUT2D eigenvalue weighted by molar-refractivity contribution is 6.65. The molecule has 0 radical (unpaired) electrons. The molecule has 11 heavy (non-hydrogen) atoms. The minimum absolute atomic E-state index is 0.315. The Labute approximate surface area is 64.9 Å². The molecule has 0 unspecified atom stereocenters. The molecule has 0 bridgehead atoms. The Hall–Kier alpha value is -1.19. The fraction of sp³-hybridized carbons (Fsp3) is 0.571. The molecule has 0 saturated carbocycles. The Morgan fingerprint density at radius 2 is 1.82 bits per heavy atom. The first kappa shape index (κ1) is 9.81. The van der Waals surface area contributed by atoms with Gasteiger partial charge in [0.25, 0.3) is 0 Å². The molecular weight excluding hydrogens is 146 g/mol. The van der Waals surface area contributed by atoms with Crippen LogP contribution in [0.2, 0.25) is 0 Å². The lowest BCUT2D eigenvalue weighted by atomic mass is 10.0. The number of hydrogen-bond donors (Lipinski definition) is 1. The highest BCUT2D eigenvalue weighted by Crippen LogP contribution is 1.97. The maximum atomic E-state index is 11.0. The van der Waals surface area contributed by atoms with Gasteiger partial charge in [-0.05, 0) is 0 Å². The molecule has 0 aliphatic heterocycles. The fourth-order valence-corrected chi connectivity index (χ4v) is 0.567. The molecule has 0 atom stereocenters. The van der Waals surface area contributed by atoms with Crippen molar-refractivity contribution >= 4 is 17.3 Å². The second-order valence-corrected chi connectivity index (χ2v) is 2.52. The van der Waals surface area contributed by atoms with Crippen LogP contribution in [0.3, 0.4) is 0 Å². The second-order valence-electron chi connectivity index (χ2n) is 2.52. The minimum Gasteiger partial charge on any atom is -0.410 e. The molecule has 1 N–H and O–H groups in total. The summed E-state index contributed by atoms with van der Waals surface area (Å²) in [7, 11) is 0. The number of carbonyl (C=O) groups is 2. The number of oxime groups is 1. The lowest BCUT2D eigenvalue weighted by molar-refractivity contribution is -0.118. The lowest BCUT2D eigenvalue weighted by Gasteiger charge is -2.01. The molecular formula is C7H11NO3. The molecule has 0 aliphatic carbocycles. The van der Waals surface area contributed by atoms with E-state index >= 15 is 0 Å². The summed E-state index contributed by atoms with van der Waals surface area (Å²) in [5.41, 5.74) is -0.375. The van der Waals surface area contributed by atoms with Crippen molar-refractivity contribution in [2.75, 3.05) is 0 Å². The Morgan fingerprint density at radius 1 is 1.36 bits per heavy atom. The van der Waals surface area contributed by atoms with Gasteiger partial charge in [-0.1, -0.05) is 19.0 Å². The zero-order valence-corrected chi connectivity index (χ0v) is 6.79. The van der Waals surface area contributed by atoms with Crippen molar-refractivity contribution < 1.29 is 14.8 Å². The van der Waals surface area contributed by atoms with E-state index in [-0.39, 0.29) is 11.6 Å². The van der Waals surface area contributed by atoms with Crippen molar-refractivity contribution in [1.82, 2.24) is 0 Å². The average molecular weight is 157 g/mol. The first-order valence-electron chi connectivity index (χ1n) is 3.28. The van der Waals surface area contributed by atoms with E-state index in [1.54, 1.807) is 13.8 Å². The predicted octanol–water partition coefficient (Wildman–Crippen LogP) is 0.631. The van der Waals surface area contributed by atoms with E-state index in [2.05, 4.69) is 5.16 Å². The molecule has 4 heteroatoms. The van der Waals surface area contributed by atoms with Gasteiger partial charge in [0, 0.05) is 12.8 Å². The molecule has 0 aromatic carbocycles. The number of carbonyl (C=O) groups excluding carboxylic acids is 2. The van der Waals surface area contributed by atoms with Crippen LogP contribution >= 0.6 is 0 Å². The zero-order chi connectivity index (χ0) is 9.02. The van der Waals surface area contributed by atoms with E-state index in [1.807, 2.05) is 0 Å². The maximum Gasteiger partial charge on any atom is 0.190 e. The largest absolute Gasteiger partial charge is 0.410 e. The summed E-state index contributed by atoms with van der Waals surface area (Å²) in [6, 6.07) is 0. The van der Waals surface area contributed by atoms with Crippen LogP contribution in [0.25, 0.3) is 0 Å². The summed E-state index contributed by atoms with van der Waals surface area (Å²) in [5, 5.41) is 10.9. The molecule has 0 heterocycles. The Kier molecular flexibility index (Phi) is 3.44. The number of Topliss-reactive ketones (excluding diaryl/α,β-unsaturated/α-hetero) is 2. The third-order valence-electron chi connectivity index (χ3n) is 1.19. The van der Waals surface area contributed by atoms with E-state index in [4.69, 9.17) is 5.21 Å². The lowest BCUT2D eigenvalue weighted by Crippen LogP contribution is -2.26. The van der Waals surface area contributed by atoms with Crippen molar-refractivity contribution in [1.29, 1.82) is 0 Å². The first-order valence-corrected chi connectivity index (χ1v) is 3.28. The normalized spacial score (nSPS) is 11.8. The molecule has 0 aromatic heterocycles. The first-order chi connectivity index (χ1) is 5.00. The fourth-order valence-electron chi connectivity index (χ4n) is 0.567. The van der Waals surface area contributed by atoms with Crippen molar-refractivity contribution in [3.05, 3.63) is 0 Å². The topological polar surface area (TPSA) is 66.7 Å². The van der Waals surface area contributed by atoms with Gasteiger partial charge in [0.05, 0.1) is 0 Å². The van der Waals surface area contributed by atoms with Crippen LogP contribution in [0.15, 0.2) is 5.16 Å². The SMILES string of the molecule is CC(=O)/C(=N\O)C(=O)C(C)C. The molecule has 0 aromatic rings. The average Bonchev–Trinajstić information content (AvgIpc) is 1.88. The summed E-state index contributed by atoms with van der Waals surface area (Å²) < 4.78 is 0. The van der Waals surface area contributed by atoms with Gasteiger partial charge < -0.3 is 5.21 Å². The maximum absolute atomic E-state index is 11.0. The number of rotatable bonds is 3. The van der Waals surface area contributed by atoms with Crippen LogP contribution in [0, 0.1) is 5.92 Å². The van der Waals surface area contributed by atoms with Crippen LogP contribution in [-0.2, 0) is 9.59 Å². The van der Waals surface area contributed by atoms with Crippen molar-refractivity contribution in [2.45, 2.75) is 20.8 Å².